The molecule has 2 heterocycles. The zero-order valence-corrected chi connectivity index (χ0v) is 16.7. The largest absolute Gasteiger partial charge is 0.352 e. The van der Waals surface area contributed by atoms with Gasteiger partial charge in [0, 0.05) is 48.2 Å². The molecule has 138 valence electrons. The first-order valence-electron chi connectivity index (χ1n) is 8.58. The van der Waals surface area contributed by atoms with Crippen molar-refractivity contribution in [1.82, 2.24) is 15.5 Å². The number of nitrogens with zero attached hydrogens (tertiary/aromatic N) is 1. The highest BCUT2D eigenvalue weighted by atomic mass is 79.9. The first kappa shape index (κ1) is 20.2. The van der Waals surface area contributed by atoms with Crippen LogP contribution in [0.4, 0.5) is 0 Å². The Kier molecular flexibility index (Phi) is 7.28. The van der Waals surface area contributed by atoms with Gasteiger partial charge in [-0.25, -0.2) is 0 Å². The summed E-state index contributed by atoms with van der Waals surface area (Å²) in [7, 11) is 1.90. The van der Waals surface area contributed by atoms with Gasteiger partial charge in [0.1, 0.15) is 0 Å². The first-order chi connectivity index (χ1) is 11.5. The maximum atomic E-state index is 12.4. The molecule has 0 aromatic heterocycles. The Balaban J connectivity index is 0.00000225. The van der Waals surface area contributed by atoms with Gasteiger partial charge in [-0.05, 0) is 49.9 Å². The van der Waals surface area contributed by atoms with Crippen LogP contribution in [0, 0.1) is 0 Å². The summed E-state index contributed by atoms with van der Waals surface area (Å²) in [6.07, 6.45) is 4.89. The zero-order valence-electron chi connectivity index (χ0n) is 14.3. The fraction of sp³-hybridized carbons (Fsp3) is 0.556. The molecule has 0 radical (unpaired) electrons. The van der Waals surface area contributed by atoms with Crippen molar-refractivity contribution in [1.29, 1.82) is 0 Å². The van der Waals surface area contributed by atoms with Crippen LogP contribution >= 0.6 is 28.3 Å². The molecule has 2 unspecified atom stereocenters. The third-order valence-corrected chi connectivity index (χ3v) is 5.65. The molecule has 1 aromatic rings. The Bertz CT molecular complexity index is 599. The molecule has 25 heavy (non-hydrogen) atoms. The van der Waals surface area contributed by atoms with Crippen LogP contribution in [-0.2, 0) is 4.79 Å². The van der Waals surface area contributed by atoms with Gasteiger partial charge >= 0.3 is 0 Å². The summed E-state index contributed by atoms with van der Waals surface area (Å²) in [6.45, 7) is 0.371. The third kappa shape index (κ3) is 5.19. The van der Waals surface area contributed by atoms with E-state index in [1.165, 1.54) is 12.8 Å². The van der Waals surface area contributed by atoms with E-state index >= 15 is 0 Å². The van der Waals surface area contributed by atoms with E-state index in [0.29, 0.717) is 36.7 Å². The van der Waals surface area contributed by atoms with Crippen molar-refractivity contribution in [3.63, 3.8) is 0 Å². The molecular formula is C18H25BrClN3O2. The van der Waals surface area contributed by atoms with Crippen LogP contribution < -0.4 is 10.6 Å². The van der Waals surface area contributed by atoms with Gasteiger partial charge < -0.3 is 15.5 Å². The minimum atomic E-state index is -0.141. The molecule has 0 spiro atoms. The topological polar surface area (TPSA) is 61.4 Å². The summed E-state index contributed by atoms with van der Waals surface area (Å²) < 4.78 is 0.937. The van der Waals surface area contributed by atoms with Crippen molar-refractivity contribution in [3.8, 4) is 0 Å². The second-order valence-electron chi connectivity index (χ2n) is 6.78. The molecule has 5 nitrogen and oxygen atoms in total. The predicted octanol–water partition coefficient (Wildman–Crippen LogP) is 2.73. The highest BCUT2D eigenvalue weighted by molar-refractivity contribution is 9.10. The fourth-order valence-electron chi connectivity index (χ4n) is 3.71. The molecule has 2 fully saturated rings. The second-order valence-corrected chi connectivity index (χ2v) is 7.70. The van der Waals surface area contributed by atoms with Crippen LogP contribution in [0.3, 0.4) is 0 Å². The third-order valence-electron chi connectivity index (χ3n) is 5.12. The summed E-state index contributed by atoms with van der Waals surface area (Å²) in [5.41, 5.74) is 0.605. The molecular weight excluding hydrogens is 406 g/mol. The number of rotatable bonds is 5. The van der Waals surface area contributed by atoms with Crippen molar-refractivity contribution in [2.45, 2.75) is 50.2 Å². The smallest absolute Gasteiger partial charge is 0.251 e. The van der Waals surface area contributed by atoms with Crippen LogP contribution in [0.15, 0.2) is 28.7 Å². The SMILES string of the molecule is CN(C(=O)CCNC(=O)c1ccc(Br)cc1)C1CC2CCC(C1)N2.Cl. The zero-order chi connectivity index (χ0) is 17.1. The van der Waals surface area contributed by atoms with Gasteiger partial charge in [0.15, 0.2) is 0 Å². The number of benzene rings is 1. The lowest BCUT2D eigenvalue weighted by Crippen LogP contribution is -2.49. The van der Waals surface area contributed by atoms with Gasteiger partial charge in [-0.1, -0.05) is 15.9 Å². The Morgan fingerprint density at radius 2 is 1.80 bits per heavy atom. The molecule has 2 N–H and O–H groups in total. The number of carbonyl (C=O) groups excluding carboxylic acids is 2. The quantitative estimate of drug-likeness (QED) is 0.755. The predicted molar refractivity (Wildman–Crippen MR) is 104 cm³/mol. The first-order valence-corrected chi connectivity index (χ1v) is 9.37. The number of hydrogen-bond donors (Lipinski definition) is 2. The van der Waals surface area contributed by atoms with E-state index < -0.39 is 0 Å². The number of amides is 2. The van der Waals surface area contributed by atoms with Gasteiger partial charge in [-0.3, -0.25) is 9.59 Å². The molecule has 2 aliphatic heterocycles. The molecule has 0 saturated carbocycles. The van der Waals surface area contributed by atoms with Crippen LogP contribution in [0.25, 0.3) is 0 Å². The summed E-state index contributed by atoms with van der Waals surface area (Å²) >= 11 is 3.35. The van der Waals surface area contributed by atoms with E-state index in [1.54, 1.807) is 12.1 Å². The fourth-order valence-corrected chi connectivity index (χ4v) is 3.97. The van der Waals surface area contributed by atoms with E-state index in [-0.39, 0.29) is 24.2 Å². The van der Waals surface area contributed by atoms with Gasteiger partial charge in [-0.15, -0.1) is 12.4 Å². The number of halogens is 2. The van der Waals surface area contributed by atoms with Crippen molar-refractivity contribution in [2.24, 2.45) is 0 Å². The maximum absolute atomic E-state index is 12.4. The average Bonchev–Trinajstić information content (AvgIpc) is 2.92. The highest BCUT2D eigenvalue weighted by Gasteiger charge is 2.36. The number of hydrogen-bond acceptors (Lipinski definition) is 3. The summed E-state index contributed by atoms with van der Waals surface area (Å²) in [4.78, 5) is 26.3. The van der Waals surface area contributed by atoms with Gasteiger partial charge in [0.25, 0.3) is 5.91 Å². The van der Waals surface area contributed by atoms with Crippen molar-refractivity contribution in [3.05, 3.63) is 34.3 Å². The Morgan fingerprint density at radius 3 is 2.40 bits per heavy atom. The lowest BCUT2D eigenvalue weighted by atomic mass is 9.98. The van der Waals surface area contributed by atoms with E-state index in [0.717, 1.165) is 17.3 Å². The molecule has 2 aliphatic rings. The Hall–Kier alpha value is -1.11. The Labute approximate surface area is 163 Å². The van der Waals surface area contributed by atoms with Crippen LogP contribution in [-0.4, -0.2) is 48.4 Å². The molecule has 2 atom stereocenters. The number of nitrogens with one attached hydrogen (secondary N) is 2. The van der Waals surface area contributed by atoms with Gasteiger partial charge in [-0.2, -0.15) is 0 Å². The molecule has 0 aliphatic carbocycles. The van der Waals surface area contributed by atoms with E-state index in [4.69, 9.17) is 0 Å². The molecule has 2 bridgehead atoms. The van der Waals surface area contributed by atoms with Crippen LogP contribution in [0.1, 0.15) is 42.5 Å². The highest BCUT2D eigenvalue weighted by Crippen LogP contribution is 2.29. The molecule has 1 aromatic carbocycles. The van der Waals surface area contributed by atoms with Crippen LogP contribution in [0.2, 0.25) is 0 Å². The molecule has 2 amide bonds. The average molecular weight is 431 g/mol. The molecule has 7 heteroatoms. The molecule has 3 rings (SSSR count). The van der Waals surface area contributed by atoms with Crippen LogP contribution in [0.5, 0.6) is 0 Å². The summed E-state index contributed by atoms with van der Waals surface area (Å²) in [5.74, 6) is -0.0322. The number of piperidine rings is 1. The standard InChI is InChI=1S/C18H24BrN3O2.ClH/c1-22(16-10-14-6-7-15(11-16)21-14)17(23)8-9-20-18(24)12-2-4-13(19)5-3-12;/h2-5,14-16,21H,6-11H2,1H3,(H,20,24);1H. The maximum Gasteiger partial charge on any atom is 0.251 e. The minimum Gasteiger partial charge on any atom is -0.352 e. The molecule has 2 saturated heterocycles. The lowest BCUT2D eigenvalue weighted by molar-refractivity contribution is -0.132. The number of carbonyl (C=O) groups is 2. The number of fused-ring (bicyclic) bond motifs is 2. The second kappa shape index (κ2) is 9.01. The van der Waals surface area contributed by atoms with Crippen molar-refractivity contribution < 1.29 is 9.59 Å². The van der Waals surface area contributed by atoms with Crippen molar-refractivity contribution in [2.75, 3.05) is 13.6 Å². The van der Waals surface area contributed by atoms with Crippen molar-refractivity contribution >= 4 is 40.2 Å². The normalized spacial score (nSPS) is 24.3. The van der Waals surface area contributed by atoms with E-state index in [1.807, 2.05) is 24.1 Å². The summed E-state index contributed by atoms with van der Waals surface area (Å²) in [5, 5.41) is 6.42. The monoisotopic (exact) mass is 429 g/mol. The Morgan fingerprint density at radius 1 is 1.20 bits per heavy atom. The van der Waals surface area contributed by atoms with E-state index in [9.17, 15) is 9.59 Å². The lowest BCUT2D eigenvalue weighted by Gasteiger charge is -2.35. The van der Waals surface area contributed by atoms with Gasteiger partial charge in [0.05, 0.1) is 0 Å². The van der Waals surface area contributed by atoms with E-state index in [2.05, 4.69) is 26.6 Å². The van der Waals surface area contributed by atoms with Gasteiger partial charge in [0.2, 0.25) is 5.91 Å². The summed E-state index contributed by atoms with van der Waals surface area (Å²) in [6, 6.07) is 8.66. The minimum absolute atomic E-state index is 0.